The Morgan fingerprint density at radius 3 is 2.47 bits per heavy atom. The van der Waals surface area contributed by atoms with Gasteiger partial charge in [0.05, 0.1) is 24.4 Å². The molecule has 0 aromatic carbocycles. The van der Waals surface area contributed by atoms with Crippen LogP contribution in [0.3, 0.4) is 0 Å². The quantitative estimate of drug-likeness (QED) is 0.743. The third kappa shape index (κ3) is 5.41. The molecule has 17 heavy (non-hydrogen) atoms. The van der Waals surface area contributed by atoms with Crippen molar-refractivity contribution in [1.82, 2.24) is 4.90 Å². The number of rotatable bonds is 5. The number of carbonyl (C=O) groups is 2. The van der Waals surface area contributed by atoms with Crippen LogP contribution in [0.4, 0.5) is 0 Å². The number of carboxylic acid groups (broad SMARTS) is 1. The monoisotopic (exact) mass is 261 g/mol. The molecule has 0 spiro atoms. The van der Waals surface area contributed by atoms with E-state index in [4.69, 9.17) is 9.84 Å². The Balaban J connectivity index is 2.24. The SMILES string of the molecule is C[C@H]1CN(C(=O)CSCCC(=O)O)C[C@H](C)O1. The second-order valence-electron chi connectivity index (χ2n) is 4.25. The van der Waals surface area contributed by atoms with Crippen molar-refractivity contribution in [2.45, 2.75) is 32.5 Å². The highest BCUT2D eigenvalue weighted by Gasteiger charge is 2.25. The van der Waals surface area contributed by atoms with Crippen molar-refractivity contribution in [3.63, 3.8) is 0 Å². The second kappa shape index (κ2) is 6.86. The van der Waals surface area contributed by atoms with Gasteiger partial charge in [-0.05, 0) is 13.8 Å². The van der Waals surface area contributed by atoms with Gasteiger partial charge < -0.3 is 14.7 Å². The van der Waals surface area contributed by atoms with Crippen LogP contribution >= 0.6 is 11.8 Å². The Bertz CT molecular complexity index is 275. The van der Waals surface area contributed by atoms with E-state index in [1.807, 2.05) is 13.8 Å². The maximum absolute atomic E-state index is 11.8. The van der Waals surface area contributed by atoms with Crippen LogP contribution in [0.25, 0.3) is 0 Å². The van der Waals surface area contributed by atoms with Crippen LogP contribution in [-0.4, -0.2) is 58.7 Å². The molecule has 1 aliphatic heterocycles. The summed E-state index contributed by atoms with van der Waals surface area (Å²) < 4.78 is 5.55. The molecule has 1 fully saturated rings. The van der Waals surface area contributed by atoms with Gasteiger partial charge in [-0.2, -0.15) is 11.8 Å². The van der Waals surface area contributed by atoms with E-state index < -0.39 is 5.97 Å². The van der Waals surface area contributed by atoms with Gasteiger partial charge in [0, 0.05) is 18.8 Å². The maximum Gasteiger partial charge on any atom is 0.304 e. The fourth-order valence-electron chi connectivity index (χ4n) is 1.79. The average Bonchev–Trinajstić information content (AvgIpc) is 2.22. The Hall–Kier alpha value is -0.750. The van der Waals surface area contributed by atoms with Crippen molar-refractivity contribution in [3.05, 3.63) is 0 Å². The van der Waals surface area contributed by atoms with Gasteiger partial charge in [0.1, 0.15) is 0 Å². The number of ether oxygens (including phenoxy) is 1. The number of aliphatic carboxylic acids is 1. The molecule has 5 nitrogen and oxygen atoms in total. The van der Waals surface area contributed by atoms with Gasteiger partial charge in [0.25, 0.3) is 0 Å². The van der Waals surface area contributed by atoms with E-state index in [-0.39, 0.29) is 24.5 Å². The van der Waals surface area contributed by atoms with E-state index >= 15 is 0 Å². The Labute approximate surface area is 105 Å². The van der Waals surface area contributed by atoms with Crippen LogP contribution in [-0.2, 0) is 14.3 Å². The van der Waals surface area contributed by atoms with Crippen molar-refractivity contribution in [2.75, 3.05) is 24.6 Å². The van der Waals surface area contributed by atoms with Crippen molar-refractivity contribution in [3.8, 4) is 0 Å². The standard InChI is InChI=1S/C11H19NO4S/c1-8-5-12(6-9(2)16-8)10(13)7-17-4-3-11(14)15/h8-9H,3-7H2,1-2H3,(H,14,15)/t8-,9-/m0/s1. The van der Waals surface area contributed by atoms with Gasteiger partial charge in [-0.15, -0.1) is 0 Å². The maximum atomic E-state index is 11.8. The molecule has 1 amide bonds. The van der Waals surface area contributed by atoms with Crippen molar-refractivity contribution < 1.29 is 19.4 Å². The minimum absolute atomic E-state index is 0.0717. The summed E-state index contributed by atoms with van der Waals surface area (Å²) in [6.07, 6.45) is 0.256. The number of carbonyl (C=O) groups excluding carboxylic acids is 1. The topological polar surface area (TPSA) is 66.8 Å². The Morgan fingerprint density at radius 2 is 1.94 bits per heavy atom. The molecule has 1 rings (SSSR count). The zero-order valence-electron chi connectivity index (χ0n) is 10.2. The zero-order chi connectivity index (χ0) is 12.8. The highest BCUT2D eigenvalue weighted by molar-refractivity contribution is 7.99. The molecule has 1 heterocycles. The number of carboxylic acids is 1. The molecule has 1 N–H and O–H groups in total. The predicted molar refractivity (Wildman–Crippen MR) is 66.2 cm³/mol. The number of hydrogen-bond acceptors (Lipinski definition) is 4. The molecule has 1 aliphatic rings. The first-order valence-corrected chi connectivity index (χ1v) is 6.87. The van der Waals surface area contributed by atoms with Gasteiger partial charge in [-0.3, -0.25) is 9.59 Å². The molecular weight excluding hydrogens is 242 g/mol. The molecule has 2 atom stereocenters. The van der Waals surface area contributed by atoms with E-state index in [9.17, 15) is 9.59 Å². The smallest absolute Gasteiger partial charge is 0.304 e. The normalized spacial score (nSPS) is 24.7. The lowest BCUT2D eigenvalue weighted by atomic mass is 10.2. The van der Waals surface area contributed by atoms with Gasteiger partial charge in [0.2, 0.25) is 5.91 Å². The van der Waals surface area contributed by atoms with E-state index in [0.29, 0.717) is 24.6 Å². The molecular formula is C11H19NO4S. The molecule has 0 aromatic heterocycles. The lowest BCUT2D eigenvalue weighted by Gasteiger charge is -2.35. The number of thioether (sulfide) groups is 1. The fourth-order valence-corrected chi connectivity index (χ4v) is 2.61. The van der Waals surface area contributed by atoms with Crippen LogP contribution < -0.4 is 0 Å². The first-order chi connectivity index (χ1) is 7.99. The van der Waals surface area contributed by atoms with Crippen molar-refractivity contribution in [1.29, 1.82) is 0 Å². The van der Waals surface area contributed by atoms with Gasteiger partial charge in [-0.1, -0.05) is 0 Å². The van der Waals surface area contributed by atoms with Crippen LogP contribution in [0, 0.1) is 0 Å². The van der Waals surface area contributed by atoms with Crippen LogP contribution in [0.15, 0.2) is 0 Å². The summed E-state index contributed by atoms with van der Waals surface area (Å²) in [6.45, 7) is 5.16. The third-order valence-electron chi connectivity index (χ3n) is 2.46. The Kier molecular flexibility index (Phi) is 5.77. The number of nitrogens with zero attached hydrogens (tertiary/aromatic N) is 1. The van der Waals surface area contributed by atoms with Gasteiger partial charge >= 0.3 is 5.97 Å². The molecule has 0 bridgehead atoms. The minimum Gasteiger partial charge on any atom is -0.481 e. The Morgan fingerprint density at radius 1 is 1.35 bits per heavy atom. The lowest BCUT2D eigenvalue weighted by molar-refractivity contribution is -0.140. The fraction of sp³-hybridized carbons (Fsp3) is 0.818. The second-order valence-corrected chi connectivity index (χ2v) is 5.36. The largest absolute Gasteiger partial charge is 0.481 e. The summed E-state index contributed by atoms with van der Waals surface area (Å²) in [4.78, 5) is 23.9. The van der Waals surface area contributed by atoms with E-state index in [1.54, 1.807) is 4.90 Å². The summed E-state index contributed by atoms with van der Waals surface area (Å²) in [5.41, 5.74) is 0. The van der Waals surface area contributed by atoms with Crippen LogP contribution in [0.1, 0.15) is 20.3 Å². The number of morpholine rings is 1. The molecule has 0 aromatic rings. The minimum atomic E-state index is -0.821. The third-order valence-corrected chi connectivity index (χ3v) is 3.40. The summed E-state index contributed by atoms with van der Waals surface area (Å²) in [7, 11) is 0. The first kappa shape index (κ1) is 14.3. The van der Waals surface area contributed by atoms with Crippen LogP contribution in [0.2, 0.25) is 0 Å². The van der Waals surface area contributed by atoms with Crippen molar-refractivity contribution in [2.24, 2.45) is 0 Å². The zero-order valence-corrected chi connectivity index (χ0v) is 11.0. The van der Waals surface area contributed by atoms with E-state index in [1.165, 1.54) is 11.8 Å². The summed E-state index contributed by atoms with van der Waals surface area (Å²) in [6, 6.07) is 0. The number of amides is 1. The summed E-state index contributed by atoms with van der Waals surface area (Å²) in [5.74, 6) is 0.0874. The highest BCUT2D eigenvalue weighted by Crippen LogP contribution is 2.13. The summed E-state index contributed by atoms with van der Waals surface area (Å²) in [5, 5.41) is 8.47. The van der Waals surface area contributed by atoms with Gasteiger partial charge in [-0.25, -0.2) is 0 Å². The van der Waals surface area contributed by atoms with E-state index in [0.717, 1.165) is 0 Å². The molecule has 6 heteroatoms. The lowest BCUT2D eigenvalue weighted by Crippen LogP contribution is -2.48. The van der Waals surface area contributed by atoms with Crippen LogP contribution in [0.5, 0.6) is 0 Å². The first-order valence-electron chi connectivity index (χ1n) is 5.71. The molecule has 0 unspecified atom stereocenters. The molecule has 0 saturated carbocycles. The molecule has 98 valence electrons. The average molecular weight is 261 g/mol. The van der Waals surface area contributed by atoms with Crippen molar-refractivity contribution >= 4 is 23.6 Å². The number of hydrogen-bond donors (Lipinski definition) is 1. The van der Waals surface area contributed by atoms with E-state index in [2.05, 4.69) is 0 Å². The van der Waals surface area contributed by atoms with Gasteiger partial charge in [0.15, 0.2) is 0 Å². The molecule has 1 saturated heterocycles. The summed E-state index contributed by atoms with van der Waals surface area (Å²) >= 11 is 1.37. The highest BCUT2D eigenvalue weighted by atomic mass is 32.2. The molecule has 0 radical (unpaired) electrons. The predicted octanol–water partition coefficient (Wildman–Crippen LogP) is 0.830. The molecule has 0 aliphatic carbocycles.